The Morgan fingerprint density at radius 1 is 1.58 bits per heavy atom. The van der Waals surface area contributed by atoms with Gasteiger partial charge in [0.2, 0.25) is 0 Å². The van der Waals surface area contributed by atoms with Crippen LogP contribution in [-0.2, 0) is 11.8 Å². The van der Waals surface area contributed by atoms with Gasteiger partial charge in [0, 0.05) is 38.2 Å². The monoisotopic (exact) mass is 267 g/mol. The largest absolute Gasteiger partial charge is 0.385 e. The van der Waals surface area contributed by atoms with Gasteiger partial charge in [-0.15, -0.1) is 0 Å². The fourth-order valence-corrected chi connectivity index (χ4v) is 2.19. The molecule has 106 valence electrons. The molecule has 6 nitrogen and oxygen atoms in total. The number of nitrogens with one attached hydrogen (secondary N) is 2. The van der Waals surface area contributed by atoms with E-state index >= 15 is 0 Å². The van der Waals surface area contributed by atoms with Crippen molar-refractivity contribution in [3.63, 3.8) is 0 Å². The maximum Gasteiger partial charge on any atom is 0.315 e. The van der Waals surface area contributed by atoms with E-state index in [9.17, 15) is 9.90 Å². The third kappa shape index (κ3) is 3.97. The number of carbonyl (C=O) groups is 1. The average molecular weight is 267 g/mol. The molecule has 2 rings (SSSR count). The van der Waals surface area contributed by atoms with Gasteiger partial charge in [0.25, 0.3) is 0 Å². The van der Waals surface area contributed by atoms with Crippen LogP contribution >= 0.6 is 0 Å². The van der Waals surface area contributed by atoms with Crippen molar-refractivity contribution >= 4 is 6.03 Å². The quantitative estimate of drug-likeness (QED) is 0.745. The second-order valence-electron chi connectivity index (χ2n) is 4.80. The van der Waals surface area contributed by atoms with Crippen LogP contribution in [0.4, 0.5) is 4.79 Å². The molecule has 0 saturated carbocycles. The smallest absolute Gasteiger partial charge is 0.315 e. The van der Waals surface area contributed by atoms with E-state index in [1.807, 2.05) is 29.9 Å². The summed E-state index contributed by atoms with van der Waals surface area (Å²) in [4.78, 5) is 11.7. The number of amides is 2. The molecule has 0 unspecified atom stereocenters. The number of ether oxygens (including phenoxy) is 1. The molecular weight excluding hydrogens is 246 g/mol. The molecule has 1 atom stereocenters. The Morgan fingerprint density at radius 3 is 2.95 bits per heavy atom. The highest BCUT2D eigenvalue weighted by molar-refractivity contribution is 5.74. The van der Waals surface area contributed by atoms with Gasteiger partial charge in [-0.25, -0.2) is 4.79 Å². The van der Waals surface area contributed by atoms with Crippen molar-refractivity contribution in [3.8, 4) is 0 Å². The molecule has 0 bridgehead atoms. The highest BCUT2D eigenvalue weighted by Crippen LogP contribution is 2.11. The third-order valence-electron chi connectivity index (χ3n) is 3.34. The molecule has 0 spiro atoms. The maximum absolute atomic E-state index is 11.7. The Labute approximate surface area is 112 Å². The molecule has 19 heavy (non-hydrogen) atoms. The molecule has 0 radical (unpaired) electrons. The maximum atomic E-state index is 11.7. The summed E-state index contributed by atoms with van der Waals surface area (Å²) in [7, 11) is 1.86. The number of rotatable bonds is 4. The van der Waals surface area contributed by atoms with Crippen LogP contribution in [0.2, 0.25) is 0 Å². The van der Waals surface area contributed by atoms with E-state index in [1.165, 1.54) is 0 Å². The number of aromatic nitrogens is 1. The minimum atomic E-state index is -0.694. The summed E-state index contributed by atoms with van der Waals surface area (Å²) >= 11 is 0. The van der Waals surface area contributed by atoms with Gasteiger partial charge in [-0.05, 0) is 25.0 Å². The molecule has 2 amide bonds. The number of aliphatic hydroxyl groups is 1. The summed E-state index contributed by atoms with van der Waals surface area (Å²) in [5, 5.41) is 15.5. The summed E-state index contributed by atoms with van der Waals surface area (Å²) in [6.45, 7) is 1.58. The zero-order chi connectivity index (χ0) is 13.7. The van der Waals surface area contributed by atoms with E-state index < -0.39 is 6.10 Å². The first kappa shape index (κ1) is 13.9. The van der Waals surface area contributed by atoms with E-state index in [-0.39, 0.29) is 18.6 Å². The Balaban J connectivity index is 1.72. The van der Waals surface area contributed by atoms with E-state index in [0.29, 0.717) is 13.2 Å². The lowest BCUT2D eigenvalue weighted by molar-refractivity contribution is 0.0798. The first-order valence-electron chi connectivity index (χ1n) is 6.58. The number of aliphatic hydroxyl groups excluding tert-OH is 1. The van der Waals surface area contributed by atoms with E-state index in [4.69, 9.17) is 4.74 Å². The van der Waals surface area contributed by atoms with Crippen molar-refractivity contribution in [3.05, 3.63) is 24.0 Å². The van der Waals surface area contributed by atoms with Gasteiger partial charge in [0.1, 0.15) is 6.10 Å². The Morgan fingerprint density at radius 2 is 2.32 bits per heavy atom. The second kappa shape index (κ2) is 6.58. The molecule has 1 fully saturated rings. The molecule has 1 aliphatic heterocycles. The summed E-state index contributed by atoms with van der Waals surface area (Å²) in [6.07, 6.45) is 2.85. The van der Waals surface area contributed by atoms with Gasteiger partial charge >= 0.3 is 6.03 Å². The summed E-state index contributed by atoms with van der Waals surface area (Å²) in [5.41, 5.74) is 0.784. The van der Waals surface area contributed by atoms with Crippen LogP contribution in [0, 0.1) is 0 Å². The van der Waals surface area contributed by atoms with Crippen LogP contribution in [0.3, 0.4) is 0 Å². The fraction of sp³-hybridized carbons (Fsp3) is 0.615. The third-order valence-corrected chi connectivity index (χ3v) is 3.34. The number of hydrogen-bond acceptors (Lipinski definition) is 3. The van der Waals surface area contributed by atoms with E-state index in [0.717, 1.165) is 18.5 Å². The van der Waals surface area contributed by atoms with E-state index in [2.05, 4.69) is 10.6 Å². The van der Waals surface area contributed by atoms with Crippen molar-refractivity contribution in [2.45, 2.75) is 25.0 Å². The van der Waals surface area contributed by atoms with Crippen molar-refractivity contribution in [1.82, 2.24) is 15.2 Å². The number of urea groups is 1. The summed E-state index contributed by atoms with van der Waals surface area (Å²) in [5.74, 6) is 0. The molecular formula is C13H21N3O3. The lowest BCUT2D eigenvalue weighted by Crippen LogP contribution is -2.45. The highest BCUT2D eigenvalue weighted by Gasteiger charge is 2.17. The first-order chi connectivity index (χ1) is 9.16. The second-order valence-corrected chi connectivity index (χ2v) is 4.80. The first-order valence-corrected chi connectivity index (χ1v) is 6.58. The number of aryl methyl sites for hydroxylation is 1. The van der Waals surface area contributed by atoms with Crippen LogP contribution in [0.15, 0.2) is 18.3 Å². The number of carbonyl (C=O) groups excluding carboxylic acids is 1. The standard InChI is InChI=1S/C13H21N3O3/c1-16-6-2-3-11(16)12(17)9-14-13(18)15-10-4-7-19-8-5-10/h2-3,6,10,12,17H,4-5,7-9H2,1H3,(H2,14,15,18)/t12-/m0/s1. The van der Waals surface area contributed by atoms with Crippen molar-refractivity contribution < 1.29 is 14.6 Å². The Bertz CT molecular complexity index is 413. The highest BCUT2D eigenvalue weighted by atomic mass is 16.5. The van der Waals surface area contributed by atoms with Gasteiger partial charge < -0.3 is 25.0 Å². The molecule has 0 aromatic carbocycles. The lowest BCUT2D eigenvalue weighted by Gasteiger charge is -2.23. The van der Waals surface area contributed by atoms with Crippen LogP contribution in [0.1, 0.15) is 24.6 Å². The molecule has 1 aromatic rings. The van der Waals surface area contributed by atoms with Gasteiger partial charge in [-0.3, -0.25) is 0 Å². The summed E-state index contributed by atoms with van der Waals surface area (Å²) < 4.78 is 7.06. The Hall–Kier alpha value is -1.53. The van der Waals surface area contributed by atoms with Crippen LogP contribution < -0.4 is 10.6 Å². The van der Waals surface area contributed by atoms with Crippen LogP contribution in [-0.4, -0.2) is 41.5 Å². The zero-order valence-electron chi connectivity index (χ0n) is 11.1. The zero-order valence-corrected chi connectivity index (χ0v) is 11.1. The minimum Gasteiger partial charge on any atom is -0.385 e. The lowest BCUT2D eigenvalue weighted by atomic mass is 10.1. The summed E-state index contributed by atoms with van der Waals surface area (Å²) in [6, 6.07) is 3.63. The molecule has 1 saturated heterocycles. The molecule has 3 N–H and O–H groups in total. The van der Waals surface area contributed by atoms with E-state index in [1.54, 1.807) is 0 Å². The molecule has 2 heterocycles. The predicted molar refractivity (Wildman–Crippen MR) is 70.7 cm³/mol. The van der Waals surface area contributed by atoms with Gasteiger partial charge in [-0.1, -0.05) is 0 Å². The number of nitrogens with zero attached hydrogens (tertiary/aromatic N) is 1. The SMILES string of the molecule is Cn1cccc1[C@@H](O)CNC(=O)NC1CCOCC1. The van der Waals surface area contributed by atoms with Gasteiger partial charge in [0.15, 0.2) is 0 Å². The average Bonchev–Trinajstić information content (AvgIpc) is 2.83. The molecule has 1 aromatic heterocycles. The fourth-order valence-electron chi connectivity index (χ4n) is 2.19. The van der Waals surface area contributed by atoms with Crippen LogP contribution in [0.25, 0.3) is 0 Å². The van der Waals surface area contributed by atoms with Gasteiger partial charge in [-0.2, -0.15) is 0 Å². The Kier molecular flexibility index (Phi) is 4.81. The van der Waals surface area contributed by atoms with Crippen molar-refractivity contribution in [1.29, 1.82) is 0 Å². The predicted octanol–water partition coefficient (Wildman–Crippen LogP) is 0.537. The molecule has 6 heteroatoms. The minimum absolute atomic E-state index is 0.168. The van der Waals surface area contributed by atoms with Crippen molar-refractivity contribution in [2.24, 2.45) is 7.05 Å². The van der Waals surface area contributed by atoms with Crippen LogP contribution in [0.5, 0.6) is 0 Å². The number of hydrogen-bond donors (Lipinski definition) is 3. The van der Waals surface area contributed by atoms with Gasteiger partial charge in [0.05, 0.1) is 6.54 Å². The normalized spacial score (nSPS) is 18.0. The molecule has 0 aliphatic carbocycles. The molecule has 1 aliphatic rings. The van der Waals surface area contributed by atoms with Crippen molar-refractivity contribution in [2.75, 3.05) is 19.8 Å². The topological polar surface area (TPSA) is 75.5 Å².